The van der Waals surface area contributed by atoms with Crippen LogP contribution in [0.3, 0.4) is 0 Å². The highest BCUT2D eigenvalue weighted by atomic mass is 14.6. The van der Waals surface area contributed by atoms with Gasteiger partial charge >= 0.3 is 0 Å². The Labute approximate surface area is 180 Å². The number of hydrogen-bond acceptors (Lipinski definition) is 1. The number of aryl methyl sites for hydroxylation is 1. The Morgan fingerprint density at radius 3 is 1.66 bits per heavy atom. The molecular formula is C28H45N. The Hall–Kier alpha value is -0.980. The van der Waals surface area contributed by atoms with Gasteiger partial charge in [0.05, 0.1) is 0 Å². The highest BCUT2D eigenvalue weighted by molar-refractivity contribution is 5.48. The average molecular weight is 396 g/mol. The van der Waals surface area contributed by atoms with Crippen LogP contribution in [0.5, 0.6) is 0 Å². The van der Waals surface area contributed by atoms with Crippen molar-refractivity contribution in [2.24, 2.45) is 35.5 Å². The summed E-state index contributed by atoms with van der Waals surface area (Å²) in [4.78, 5) is 0. The van der Waals surface area contributed by atoms with Crippen LogP contribution in [-0.2, 0) is 0 Å². The van der Waals surface area contributed by atoms with Crippen LogP contribution in [0.1, 0.15) is 108 Å². The fourth-order valence-corrected chi connectivity index (χ4v) is 7.22. The Balaban J connectivity index is 1.23. The van der Waals surface area contributed by atoms with Crippen molar-refractivity contribution in [1.82, 2.24) is 0 Å². The predicted octanol–water partition coefficient (Wildman–Crippen LogP) is 8.12. The monoisotopic (exact) mass is 395 g/mol. The van der Waals surface area contributed by atoms with Crippen LogP contribution < -0.4 is 5.73 Å². The molecule has 1 aromatic carbocycles. The third-order valence-electron chi connectivity index (χ3n) is 9.55. The zero-order chi connectivity index (χ0) is 20.4. The second kappa shape index (κ2) is 9.44. The fraction of sp³-hybridized carbons (Fsp3) is 0.786. The molecule has 1 heteroatoms. The second-order valence-corrected chi connectivity index (χ2v) is 11.3. The van der Waals surface area contributed by atoms with Gasteiger partial charge in [-0.3, -0.25) is 0 Å². The molecule has 2 N–H and O–H groups in total. The summed E-state index contributed by atoms with van der Waals surface area (Å²) in [7, 11) is 0. The Kier molecular flexibility index (Phi) is 6.92. The van der Waals surface area contributed by atoms with Crippen molar-refractivity contribution in [3.8, 4) is 0 Å². The standard InChI is InChI=1S/C28H45N/c1-19-4-6-23(7-5-19)25-12-14-26(15-13-25)24-10-8-22(9-11-24)21(3)27-16-17-28(29)20(2)18-27/h16-19,21-26H,4-15,29H2,1-3H3. The molecule has 0 amide bonds. The number of rotatable bonds is 4. The molecule has 0 bridgehead atoms. The molecule has 0 aliphatic heterocycles. The zero-order valence-corrected chi connectivity index (χ0v) is 19.3. The van der Waals surface area contributed by atoms with Crippen LogP contribution in [0.4, 0.5) is 5.69 Å². The van der Waals surface area contributed by atoms with Crippen molar-refractivity contribution in [2.45, 2.75) is 104 Å². The maximum atomic E-state index is 6.03. The summed E-state index contributed by atoms with van der Waals surface area (Å²) in [6, 6.07) is 6.71. The molecule has 3 fully saturated rings. The Morgan fingerprint density at radius 1 is 0.724 bits per heavy atom. The van der Waals surface area contributed by atoms with Crippen molar-refractivity contribution in [3.63, 3.8) is 0 Å². The van der Waals surface area contributed by atoms with E-state index in [2.05, 4.69) is 39.0 Å². The number of nitrogen functional groups attached to an aromatic ring is 1. The lowest BCUT2D eigenvalue weighted by Crippen LogP contribution is -2.30. The minimum Gasteiger partial charge on any atom is -0.399 e. The molecule has 0 saturated heterocycles. The second-order valence-electron chi connectivity index (χ2n) is 11.3. The normalized spacial score (nSPS) is 37.2. The van der Waals surface area contributed by atoms with Crippen molar-refractivity contribution in [2.75, 3.05) is 5.73 Å². The molecule has 1 atom stereocenters. The molecule has 0 spiro atoms. The first-order chi connectivity index (χ1) is 14.0. The van der Waals surface area contributed by atoms with Gasteiger partial charge in [0.2, 0.25) is 0 Å². The predicted molar refractivity (Wildman–Crippen MR) is 126 cm³/mol. The molecule has 3 aliphatic rings. The van der Waals surface area contributed by atoms with Crippen molar-refractivity contribution >= 4 is 5.69 Å². The lowest BCUT2D eigenvalue weighted by molar-refractivity contribution is 0.103. The maximum absolute atomic E-state index is 6.03. The molecule has 162 valence electrons. The quantitative estimate of drug-likeness (QED) is 0.512. The van der Waals surface area contributed by atoms with E-state index < -0.39 is 0 Å². The van der Waals surface area contributed by atoms with Crippen LogP contribution >= 0.6 is 0 Å². The van der Waals surface area contributed by atoms with Gasteiger partial charge in [0.25, 0.3) is 0 Å². The fourth-order valence-electron chi connectivity index (χ4n) is 7.22. The minimum absolute atomic E-state index is 0.680. The van der Waals surface area contributed by atoms with E-state index in [9.17, 15) is 0 Å². The molecule has 1 nitrogen and oxygen atoms in total. The largest absolute Gasteiger partial charge is 0.399 e. The average Bonchev–Trinajstić information content (AvgIpc) is 2.76. The van der Waals surface area contributed by atoms with Gasteiger partial charge in [-0.25, -0.2) is 0 Å². The summed E-state index contributed by atoms with van der Waals surface area (Å²) in [6.45, 7) is 7.05. The number of benzene rings is 1. The van der Waals surface area contributed by atoms with E-state index in [1.165, 1.54) is 62.5 Å². The molecule has 0 heterocycles. The van der Waals surface area contributed by atoms with Crippen LogP contribution in [0.15, 0.2) is 18.2 Å². The summed E-state index contributed by atoms with van der Waals surface area (Å²) < 4.78 is 0. The number of hydrogen-bond donors (Lipinski definition) is 1. The van der Waals surface area contributed by atoms with Crippen molar-refractivity contribution in [3.05, 3.63) is 29.3 Å². The topological polar surface area (TPSA) is 26.0 Å². The third-order valence-corrected chi connectivity index (χ3v) is 9.55. The summed E-state index contributed by atoms with van der Waals surface area (Å²) in [6.07, 6.45) is 18.1. The van der Waals surface area contributed by atoms with E-state index in [1.54, 1.807) is 25.7 Å². The molecule has 29 heavy (non-hydrogen) atoms. The van der Waals surface area contributed by atoms with E-state index in [-0.39, 0.29) is 0 Å². The first-order valence-corrected chi connectivity index (χ1v) is 12.9. The van der Waals surface area contributed by atoms with E-state index in [0.29, 0.717) is 5.92 Å². The van der Waals surface area contributed by atoms with Crippen LogP contribution in [-0.4, -0.2) is 0 Å². The first kappa shape index (κ1) is 21.3. The lowest BCUT2D eigenvalue weighted by atomic mass is 9.64. The van der Waals surface area contributed by atoms with Gasteiger partial charge in [-0.1, -0.05) is 38.8 Å². The molecular weight excluding hydrogens is 350 g/mol. The SMILES string of the molecule is Cc1cc(C(C)C2CCC(C3CCC(C4CCC(C)CC4)CC3)CC2)ccc1N. The summed E-state index contributed by atoms with van der Waals surface area (Å²) in [5.74, 6) is 6.77. The molecule has 1 aromatic rings. The molecule has 3 saturated carbocycles. The first-order valence-electron chi connectivity index (χ1n) is 12.9. The van der Waals surface area contributed by atoms with E-state index >= 15 is 0 Å². The van der Waals surface area contributed by atoms with Gasteiger partial charge in [0.15, 0.2) is 0 Å². The van der Waals surface area contributed by atoms with Crippen LogP contribution in [0.25, 0.3) is 0 Å². The summed E-state index contributed by atoms with van der Waals surface area (Å²) in [5.41, 5.74) is 9.71. The van der Waals surface area contributed by atoms with Crippen molar-refractivity contribution in [1.29, 1.82) is 0 Å². The van der Waals surface area contributed by atoms with Crippen LogP contribution in [0, 0.1) is 42.4 Å². The Morgan fingerprint density at radius 2 is 1.17 bits per heavy atom. The van der Waals surface area contributed by atoms with E-state index in [0.717, 1.165) is 41.2 Å². The van der Waals surface area contributed by atoms with E-state index in [4.69, 9.17) is 5.73 Å². The lowest BCUT2D eigenvalue weighted by Gasteiger charge is -2.42. The van der Waals surface area contributed by atoms with E-state index in [1.807, 2.05) is 0 Å². The molecule has 0 radical (unpaired) electrons. The van der Waals surface area contributed by atoms with Crippen molar-refractivity contribution < 1.29 is 0 Å². The maximum Gasteiger partial charge on any atom is 0.0343 e. The van der Waals surface area contributed by atoms with Gasteiger partial charge in [0.1, 0.15) is 0 Å². The van der Waals surface area contributed by atoms with Gasteiger partial charge in [0, 0.05) is 5.69 Å². The zero-order valence-electron chi connectivity index (χ0n) is 19.3. The highest BCUT2D eigenvalue weighted by Crippen LogP contribution is 2.47. The summed E-state index contributed by atoms with van der Waals surface area (Å²) in [5, 5.41) is 0. The van der Waals surface area contributed by atoms with Gasteiger partial charge < -0.3 is 5.73 Å². The molecule has 4 rings (SSSR count). The number of anilines is 1. The smallest absolute Gasteiger partial charge is 0.0343 e. The molecule has 1 unspecified atom stereocenters. The minimum atomic E-state index is 0.680. The van der Waals surface area contributed by atoms with Gasteiger partial charge in [-0.2, -0.15) is 0 Å². The molecule has 0 aromatic heterocycles. The molecule has 3 aliphatic carbocycles. The summed E-state index contributed by atoms with van der Waals surface area (Å²) >= 11 is 0. The Bertz CT molecular complexity index is 640. The highest BCUT2D eigenvalue weighted by Gasteiger charge is 2.35. The van der Waals surface area contributed by atoms with Gasteiger partial charge in [-0.05, 0) is 130 Å². The number of nitrogens with two attached hydrogens (primary N) is 1. The van der Waals surface area contributed by atoms with Gasteiger partial charge in [-0.15, -0.1) is 0 Å². The third kappa shape index (κ3) is 5.02. The van der Waals surface area contributed by atoms with Crippen LogP contribution in [0.2, 0.25) is 0 Å².